The van der Waals surface area contributed by atoms with E-state index in [2.05, 4.69) is 19.8 Å². The number of hydrogen-bond donors (Lipinski definition) is 0. The lowest BCUT2D eigenvalue weighted by atomic mass is 10.1. The lowest BCUT2D eigenvalue weighted by Gasteiger charge is -2.36. The third-order valence-electron chi connectivity index (χ3n) is 7.54. The van der Waals surface area contributed by atoms with E-state index in [-0.39, 0.29) is 12.3 Å². The summed E-state index contributed by atoms with van der Waals surface area (Å²) in [7, 11) is 1.61. The summed E-state index contributed by atoms with van der Waals surface area (Å²) < 4.78 is 50.2. The molecule has 2 fully saturated rings. The highest BCUT2D eigenvalue weighted by atomic mass is 19.4. The molecule has 3 heterocycles. The zero-order chi connectivity index (χ0) is 28.1. The summed E-state index contributed by atoms with van der Waals surface area (Å²) in [5, 5.41) is 0.841. The van der Waals surface area contributed by atoms with Crippen LogP contribution in [0.3, 0.4) is 0 Å². The molecule has 214 valence electrons. The summed E-state index contributed by atoms with van der Waals surface area (Å²) >= 11 is 0. The fourth-order valence-corrected chi connectivity index (χ4v) is 5.32. The van der Waals surface area contributed by atoms with E-state index in [1.165, 1.54) is 44.4 Å². The van der Waals surface area contributed by atoms with Crippen molar-refractivity contribution in [2.24, 2.45) is 0 Å². The summed E-state index contributed by atoms with van der Waals surface area (Å²) in [6.07, 6.45) is 0.689. The molecule has 1 aromatic heterocycles. The van der Waals surface area contributed by atoms with E-state index in [1.54, 1.807) is 12.0 Å². The lowest BCUT2D eigenvalue weighted by Crippen LogP contribution is -2.49. The van der Waals surface area contributed by atoms with Crippen LogP contribution in [0.2, 0.25) is 0 Å². The van der Waals surface area contributed by atoms with Crippen LogP contribution in [0.5, 0.6) is 11.5 Å². The molecule has 0 aliphatic carbocycles. The van der Waals surface area contributed by atoms with Crippen molar-refractivity contribution in [3.05, 3.63) is 53.9 Å². The second-order valence-corrected chi connectivity index (χ2v) is 10.2. The van der Waals surface area contributed by atoms with Gasteiger partial charge in [0.25, 0.3) is 0 Å². The molecule has 0 atom stereocenters. The topological polar surface area (TPSA) is 71.0 Å². The van der Waals surface area contributed by atoms with Gasteiger partial charge >= 0.3 is 6.18 Å². The number of rotatable bonds is 9. The van der Waals surface area contributed by atoms with Gasteiger partial charge in [-0.15, -0.1) is 0 Å². The predicted octanol–water partition coefficient (Wildman–Crippen LogP) is 4.41. The van der Waals surface area contributed by atoms with Gasteiger partial charge in [-0.05, 0) is 56.1 Å². The number of alkyl halides is 3. The van der Waals surface area contributed by atoms with Crippen LogP contribution < -0.4 is 14.4 Å². The molecular formula is C29H34F3N5O3. The molecule has 11 heteroatoms. The Labute approximate surface area is 231 Å². The van der Waals surface area contributed by atoms with Gasteiger partial charge in [0.05, 0.1) is 31.2 Å². The van der Waals surface area contributed by atoms with Gasteiger partial charge in [-0.3, -0.25) is 4.79 Å². The standard InChI is InChI=1S/C29H34F3N5O3/c1-39-25-18-23-24(19-26(25)40-16-4-11-35-9-2-3-10-35)33-20-34-28(23)37-14-12-36(13-15-37)27(38)17-21-5-7-22(8-6-21)29(30,31)32/h5-8,18-20H,2-4,9-17H2,1H3. The highest BCUT2D eigenvalue weighted by Crippen LogP contribution is 2.35. The molecule has 2 aliphatic rings. The fourth-order valence-electron chi connectivity index (χ4n) is 5.32. The zero-order valence-electron chi connectivity index (χ0n) is 22.6. The molecule has 0 saturated carbocycles. The van der Waals surface area contributed by atoms with E-state index in [4.69, 9.17) is 9.47 Å². The molecule has 0 bridgehead atoms. The molecule has 2 saturated heterocycles. The Bertz CT molecular complexity index is 1300. The maximum Gasteiger partial charge on any atom is 0.416 e. The molecule has 8 nitrogen and oxygen atoms in total. The minimum absolute atomic E-state index is 0.0621. The molecule has 2 aliphatic heterocycles. The van der Waals surface area contributed by atoms with Gasteiger partial charge in [0.15, 0.2) is 11.5 Å². The summed E-state index contributed by atoms with van der Waals surface area (Å²) in [5.41, 5.74) is 0.590. The van der Waals surface area contributed by atoms with E-state index in [0.29, 0.717) is 49.8 Å². The van der Waals surface area contributed by atoms with Crippen LogP contribution in [-0.4, -0.2) is 85.2 Å². The normalized spacial score (nSPS) is 16.5. The van der Waals surface area contributed by atoms with E-state index in [1.807, 2.05) is 12.1 Å². The van der Waals surface area contributed by atoms with Crippen molar-refractivity contribution < 1.29 is 27.4 Å². The van der Waals surface area contributed by atoms with Crippen LogP contribution in [0.25, 0.3) is 10.9 Å². The van der Waals surface area contributed by atoms with E-state index < -0.39 is 11.7 Å². The Morgan fingerprint density at radius 1 is 0.950 bits per heavy atom. The Hall–Kier alpha value is -3.60. The van der Waals surface area contributed by atoms with E-state index >= 15 is 0 Å². The van der Waals surface area contributed by atoms with Crippen molar-refractivity contribution in [3.8, 4) is 11.5 Å². The van der Waals surface area contributed by atoms with Crippen LogP contribution in [-0.2, 0) is 17.4 Å². The number of hydrogen-bond acceptors (Lipinski definition) is 7. The number of nitrogens with zero attached hydrogens (tertiary/aromatic N) is 5. The quantitative estimate of drug-likeness (QED) is 0.361. The number of likely N-dealkylation sites (tertiary alicyclic amines) is 1. The number of methoxy groups -OCH3 is 1. The molecule has 1 amide bonds. The number of piperazine rings is 1. The zero-order valence-corrected chi connectivity index (χ0v) is 22.6. The minimum atomic E-state index is -4.39. The number of benzene rings is 2. The molecule has 5 rings (SSSR count). The molecule has 0 radical (unpaired) electrons. The Morgan fingerprint density at radius 3 is 2.35 bits per heavy atom. The molecule has 40 heavy (non-hydrogen) atoms. The second kappa shape index (κ2) is 12.3. The van der Waals surface area contributed by atoms with Gasteiger partial charge in [-0.1, -0.05) is 12.1 Å². The second-order valence-electron chi connectivity index (χ2n) is 10.2. The average molecular weight is 558 g/mol. The highest BCUT2D eigenvalue weighted by Gasteiger charge is 2.30. The molecule has 0 spiro atoms. The van der Waals surface area contributed by atoms with Gasteiger partial charge in [0.2, 0.25) is 5.91 Å². The Balaban J connectivity index is 1.20. The van der Waals surface area contributed by atoms with E-state index in [9.17, 15) is 18.0 Å². The van der Waals surface area contributed by atoms with Crippen molar-refractivity contribution in [3.63, 3.8) is 0 Å². The number of ether oxygens (including phenoxy) is 2. The fraction of sp³-hybridized carbons (Fsp3) is 0.483. The minimum Gasteiger partial charge on any atom is -0.493 e. The maximum absolute atomic E-state index is 12.8. The number of amides is 1. The first-order valence-electron chi connectivity index (χ1n) is 13.7. The van der Waals surface area contributed by atoms with Crippen molar-refractivity contribution in [2.75, 3.05) is 64.4 Å². The van der Waals surface area contributed by atoms with Crippen LogP contribution in [0.1, 0.15) is 30.4 Å². The van der Waals surface area contributed by atoms with Gasteiger partial charge in [0.1, 0.15) is 12.1 Å². The number of aromatic nitrogens is 2. The van der Waals surface area contributed by atoms with Crippen LogP contribution >= 0.6 is 0 Å². The molecule has 3 aromatic rings. The number of anilines is 1. The molecule has 0 N–H and O–H groups in total. The van der Waals surface area contributed by atoms with Crippen LogP contribution in [0.4, 0.5) is 19.0 Å². The first kappa shape index (κ1) is 27.9. The highest BCUT2D eigenvalue weighted by molar-refractivity contribution is 5.92. The Kier molecular flexibility index (Phi) is 8.58. The summed E-state index contributed by atoms with van der Waals surface area (Å²) in [6.45, 7) is 6.07. The van der Waals surface area contributed by atoms with Gasteiger partial charge in [-0.25, -0.2) is 9.97 Å². The third-order valence-corrected chi connectivity index (χ3v) is 7.54. The van der Waals surface area contributed by atoms with Crippen molar-refractivity contribution >= 4 is 22.6 Å². The van der Waals surface area contributed by atoms with Crippen molar-refractivity contribution in [1.82, 2.24) is 19.8 Å². The molecule has 0 unspecified atom stereocenters. The van der Waals surface area contributed by atoms with E-state index in [0.717, 1.165) is 41.8 Å². The first-order valence-corrected chi connectivity index (χ1v) is 13.7. The number of carbonyl (C=O) groups is 1. The van der Waals surface area contributed by atoms with Crippen LogP contribution in [0, 0.1) is 0 Å². The lowest BCUT2D eigenvalue weighted by molar-refractivity contribution is -0.137. The maximum atomic E-state index is 12.8. The predicted molar refractivity (Wildman–Crippen MR) is 146 cm³/mol. The largest absolute Gasteiger partial charge is 0.493 e. The summed E-state index contributed by atoms with van der Waals surface area (Å²) in [6, 6.07) is 8.55. The number of halogens is 3. The SMILES string of the molecule is COc1cc2c(N3CCN(C(=O)Cc4ccc(C(F)(F)F)cc4)CC3)ncnc2cc1OCCCN1CCCC1. The van der Waals surface area contributed by atoms with Crippen molar-refractivity contribution in [2.45, 2.75) is 31.9 Å². The average Bonchev–Trinajstić information content (AvgIpc) is 3.48. The third kappa shape index (κ3) is 6.57. The molecular weight excluding hydrogens is 523 g/mol. The summed E-state index contributed by atoms with van der Waals surface area (Å²) in [5.74, 6) is 1.92. The number of fused-ring (bicyclic) bond motifs is 1. The Morgan fingerprint density at radius 2 is 1.68 bits per heavy atom. The monoisotopic (exact) mass is 557 g/mol. The van der Waals surface area contributed by atoms with Crippen LogP contribution in [0.15, 0.2) is 42.7 Å². The van der Waals surface area contributed by atoms with Crippen molar-refractivity contribution in [1.29, 1.82) is 0 Å². The number of carbonyl (C=O) groups excluding carboxylic acids is 1. The molecule has 2 aromatic carbocycles. The smallest absolute Gasteiger partial charge is 0.416 e. The van der Waals surface area contributed by atoms with Gasteiger partial charge in [-0.2, -0.15) is 13.2 Å². The van der Waals surface area contributed by atoms with Gasteiger partial charge in [0, 0.05) is 44.2 Å². The summed E-state index contributed by atoms with van der Waals surface area (Å²) in [4.78, 5) is 28.1. The van der Waals surface area contributed by atoms with Gasteiger partial charge < -0.3 is 24.2 Å². The first-order chi connectivity index (χ1) is 19.3.